The molecular weight excluding hydrogens is 402 g/mol. The van der Waals surface area contributed by atoms with E-state index in [1.807, 2.05) is 35.1 Å². The summed E-state index contributed by atoms with van der Waals surface area (Å²) in [7, 11) is 0. The minimum atomic E-state index is 0.253. The summed E-state index contributed by atoms with van der Waals surface area (Å²) in [5, 5.41) is 8.12. The van der Waals surface area contributed by atoms with E-state index in [0.29, 0.717) is 5.95 Å². The van der Waals surface area contributed by atoms with Gasteiger partial charge >= 0.3 is 0 Å². The topological polar surface area (TPSA) is 55.6 Å². The number of halogens is 1. The summed E-state index contributed by atoms with van der Waals surface area (Å²) in [6.45, 7) is 4.99. The smallest absolute Gasteiger partial charge is 0.223 e. The maximum Gasteiger partial charge on any atom is 0.223 e. The normalized spacial score (nSPS) is 11.2. The zero-order valence-electron chi connectivity index (χ0n) is 16.3. The van der Waals surface area contributed by atoms with Crippen molar-refractivity contribution < 1.29 is 0 Å². The van der Waals surface area contributed by atoms with Gasteiger partial charge in [0.05, 0.1) is 14.9 Å². The van der Waals surface area contributed by atoms with Crippen molar-refractivity contribution >= 4 is 28.9 Å². The molecule has 1 aromatic carbocycles. The van der Waals surface area contributed by atoms with Gasteiger partial charge < -0.3 is 5.32 Å². The standard InChI is InChI=1S/C22H22ClN5S/c1-15(2)28-14-17(21(27-28)19-8-9-20(23)29-19)18-11-13-25-22(26-18)24-12-10-16-6-4-3-5-7-16/h3-9,11,13-15H,10,12H2,1-2H3,(H,24,25,26). The highest BCUT2D eigenvalue weighted by atomic mass is 35.5. The van der Waals surface area contributed by atoms with Gasteiger partial charge in [0.1, 0.15) is 5.69 Å². The van der Waals surface area contributed by atoms with Gasteiger partial charge in [0, 0.05) is 30.5 Å². The number of benzene rings is 1. The summed E-state index contributed by atoms with van der Waals surface area (Å²) >= 11 is 7.68. The molecule has 0 amide bonds. The highest BCUT2D eigenvalue weighted by Gasteiger charge is 2.17. The van der Waals surface area contributed by atoms with Crippen LogP contribution in [-0.2, 0) is 6.42 Å². The van der Waals surface area contributed by atoms with Crippen molar-refractivity contribution in [1.29, 1.82) is 0 Å². The molecule has 0 bridgehead atoms. The first kappa shape index (κ1) is 19.6. The summed E-state index contributed by atoms with van der Waals surface area (Å²) in [4.78, 5) is 10.1. The molecule has 3 aromatic heterocycles. The first-order valence-electron chi connectivity index (χ1n) is 9.56. The van der Waals surface area contributed by atoms with Crippen molar-refractivity contribution in [3.05, 3.63) is 70.8 Å². The Labute approximate surface area is 179 Å². The molecule has 0 atom stereocenters. The minimum absolute atomic E-state index is 0.253. The van der Waals surface area contributed by atoms with Crippen LogP contribution in [-0.4, -0.2) is 26.3 Å². The Morgan fingerprint density at radius 3 is 2.66 bits per heavy atom. The Kier molecular flexibility index (Phi) is 5.92. The Hall–Kier alpha value is -2.70. The highest BCUT2D eigenvalue weighted by molar-refractivity contribution is 7.19. The maximum absolute atomic E-state index is 6.16. The van der Waals surface area contributed by atoms with Gasteiger partial charge in [0.2, 0.25) is 5.95 Å². The van der Waals surface area contributed by atoms with E-state index in [1.54, 1.807) is 6.20 Å². The molecule has 0 spiro atoms. The van der Waals surface area contributed by atoms with Crippen LogP contribution in [0.2, 0.25) is 4.34 Å². The van der Waals surface area contributed by atoms with E-state index in [4.69, 9.17) is 21.7 Å². The summed E-state index contributed by atoms with van der Waals surface area (Å²) in [6, 6.07) is 16.5. The molecule has 5 nitrogen and oxygen atoms in total. The number of aromatic nitrogens is 4. The quantitative estimate of drug-likeness (QED) is 0.398. The van der Waals surface area contributed by atoms with Crippen molar-refractivity contribution in [2.45, 2.75) is 26.3 Å². The summed E-state index contributed by atoms with van der Waals surface area (Å²) in [5.41, 5.74) is 4.00. The molecule has 0 saturated carbocycles. The largest absolute Gasteiger partial charge is 0.354 e. The number of hydrogen-bond acceptors (Lipinski definition) is 5. The van der Waals surface area contributed by atoms with Crippen LogP contribution in [0.25, 0.3) is 21.8 Å². The molecule has 0 unspecified atom stereocenters. The molecule has 0 aliphatic carbocycles. The number of nitrogens with zero attached hydrogens (tertiary/aromatic N) is 4. The van der Waals surface area contributed by atoms with E-state index in [-0.39, 0.29) is 6.04 Å². The van der Waals surface area contributed by atoms with Gasteiger partial charge in [-0.2, -0.15) is 5.10 Å². The fourth-order valence-corrected chi connectivity index (χ4v) is 4.07. The van der Waals surface area contributed by atoms with Crippen LogP contribution in [0.15, 0.2) is 60.9 Å². The van der Waals surface area contributed by atoms with Crippen LogP contribution in [0.4, 0.5) is 5.95 Å². The molecule has 0 aliphatic rings. The second kappa shape index (κ2) is 8.76. The lowest BCUT2D eigenvalue weighted by Crippen LogP contribution is -2.08. The van der Waals surface area contributed by atoms with Crippen LogP contribution in [0.5, 0.6) is 0 Å². The van der Waals surface area contributed by atoms with Gasteiger partial charge in [-0.25, -0.2) is 9.97 Å². The average Bonchev–Trinajstić information content (AvgIpc) is 3.35. The fraction of sp³-hybridized carbons (Fsp3) is 0.227. The Morgan fingerprint density at radius 2 is 1.93 bits per heavy atom. The predicted molar refractivity (Wildman–Crippen MR) is 121 cm³/mol. The molecular formula is C22H22ClN5S. The summed E-state index contributed by atoms with van der Waals surface area (Å²) < 4.78 is 2.71. The third-order valence-corrected chi connectivity index (χ3v) is 5.78. The molecule has 0 aliphatic heterocycles. The van der Waals surface area contributed by atoms with Crippen LogP contribution >= 0.6 is 22.9 Å². The molecule has 3 heterocycles. The van der Waals surface area contributed by atoms with E-state index < -0.39 is 0 Å². The maximum atomic E-state index is 6.16. The first-order valence-corrected chi connectivity index (χ1v) is 10.8. The molecule has 0 saturated heterocycles. The number of anilines is 1. The summed E-state index contributed by atoms with van der Waals surface area (Å²) in [6.07, 6.45) is 4.74. The highest BCUT2D eigenvalue weighted by Crippen LogP contribution is 2.36. The molecule has 0 radical (unpaired) electrons. The van der Waals surface area contributed by atoms with Crippen molar-refractivity contribution in [3.8, 4) is 21.8 Å². The van der Waals surface area contributed by atoms with E-state index >= 15 is 0 Å². The molecule has 29 heavy (non-hydrogen) atoms. The lowest BCUT2D eigenvalue weighted by Gasteiger charge is -2.07. The van der Waals surface area contributed by atoms with Gasteiger partial charge in [-0.1, -0.05) is 41.9 Å². The molecule has 148 valence electrons. The monoisotopic (exact) mass is 423 g/mol. The SMILES string of the molecule is CC(C)n1cc(-c2ccnc(NCCc3ccccc3)n2)c(-c2ccc(Cl)s2)n1. The van der Waals surface area contributed by atoms with E-state index in [1.165, 1.54) is 16.9 Å². The zero-order chi connectivity index (χ0) is 20.2. The predicted octanol–water partition coefficient (Wildman–Crippen LogP) is 5.96. The molecule has 1 N–H and O–H groups in total. The Morgan fingerprint density at radius 1 is 1.10 bits per heavy atom. The van der Waals surface area contributed by atoms with E-state index in [9.17, 15) is 0 Å². The number of thiophene rings is 1. The molecule has 4 rings (SSSR count). The van der Waals surface area contributed by atoms with Crippen LogP contribution in [0, 0.1) is 0 Å². The number of rotatable bonds is 7. The third-order valence-electron chi connectivity index (χ3n) is 4.54. The van der Waals surface area contributed by atoms with Gasteiger partial charge in [-0.05, 0) is 44.0 Å². The molecule has 7 heteroatoms. The second-order valence-corrected chi connectivity index (χ2v) is 8.71. The van der Waals surface area contributed by atoms with Crippen LogP contribution in [0.1, 0.15) is 25.5 Å². The Bertz CT molecular complexity index is 1090. The van der Waals surface area contributed by atoms with Gasteiger partial charge in [0.25, 0.3) is 0 Å². The second-order valence-electron chi connectivity index (χ2n) is 7.00. The number of hydrogen-bond donors (Lipinski definition) is 1. The van der Waals surface area contributed by atoms with E-state index in [0.717, 1.165) is 39.1 Å². The third kappa shape index (κ3) is 4.66. The van der Waals surface area contributed by atoms with E-state index in [2.05, 4.69) is 48.4 Å². The van der Waals surface area contributed by atoms with Crippen LogP contribution in [0.3, 0.4) is 0 Å². The van der Waals surface area contributed by atoms with Gasteiger partial charge in [-0.15, -0.1) is 11.3 Å². The minimum Gasteiger partial charge on any atom is -0.354 e. The number of nitrogens with one attached hydrogen (secondary N) is 1. The fourth-order valence-electron chi connectivity index (χ4n) is 3.02. The first-order chi connectivity index (χ1) is 14.1. The summed E-state index contributed by atoms with van der Waals surface area (Å²) in [5.74, 6) is 0.617. The van der Waals surface area contributed by atoms with Crippen molar-refractivity contribution in [3.63, 3.8) is 0 Å². The Balaban J connectivity index is 1.59. The average molecular weight is 424 g/mol. The van der Waals surface area contributed by atoms with Crippen molar-refractivity contribution in [2.24, 2.45) is 0 Å². The van der Waals surface area contributed by atoms with Crippen molar-refractivity contribution in [2.75, 3.05) is 11.9 Å². The molecule has 0 fully saturated rings. The van der Waals surface area contributed by atoms with Gasteiger partial charge in [-0.3, -0.25) is 4.68 Å². The zero-order valence-corrected chi connectivity index (χ0v) is 17.9. The van der Waals surface area contributed by atoms with Crippen LogP contribution < -0.4 is 5.32 Å². The van der Waals surface area contributed by atoms with Crippen molar-refractivity contribution in [1.82, 2.24) is 19.7 Å². The lowest BCUT2D eigenvalue weighted by molar-refractivity contribution is 0.534. The lowest BCUT2D eigenvalue weighted by atomic mass is 10.1. The molecule has 4 aromatic rings. The van der Waals surface area contributed by atoms with Gasteiger partial charge in [0.15, 0.2) is 0 Å².